The third-order valence-corrected chi connectivity index (χ3v) is 2.74. The molecule has 0 atom stereocenters. The van der Waals surface area contributed by atoms with Crippen LogP contribution in [0.5, 0.6) is 5.75 Å². The van der Waals surface area contributed by atoms with Gasteiger partial charge in [-0.15, -0.1) is 12.4 Å². The zero-order chi connectivity index (χ0) is 12.7. The van der Waals surface area contributed by atoms with Gasteiger partial charge in [0.05, 0.1) is 5.02 Å². The maximum absolute atomic E-state index is 11.3. The van der Waals surface area contributed by atoms with E-state index in [9.17, 15) is 4.79 Å². The summed E-state index contributed by atoms with van der Waals surface area (Å²) in [6.45, 7) is 1.07. The van der Waals surface area contributed by atoms with E-state index in [0.717, 1.165) is 10.9 Å². The lowest BCUT2D eigenvalue weighted by Crippen LogP contribution is -2.30. The second-order valence-electron chi connectivity index (χ2n) is 3.36. The van der Waals surface area contributed by atoms with Gasteiger partial charge in [-0.25, -0.2) is 0 Å². The molecule has 7 heteroatoms. The van der Waals surface area contributed by atoms with Crippen LogP contribution in [-0.4, -0.2) is 25.6 Å². The molecule has 0 unspecified atom stereocenters. The number of hydrogen-bond donors (Lipinski definition) is 2. The molecule has 0 radical (unpaired) electrons. The quantitative estimate of drug-likeness (QED) is 0.768. The largest absolute Gasteiger partial charge is 0.482 e. The highest BCUT2D eigenvalue weighted by Crippen LogP contribution is 2.27. The summed E-state index contributed by atoms with van der Waals surface area (Å²) >= 11 is 9.22. The van der Waals surface area contributed by atoms with Gasteiger partial charge in [0.15, 0.2) is 6.61 Å². The molecule has 0 aliphatic heterocycles. The second-order valence-corrected chi connectivity index (χ2v) is 4.68. The van der Waals surface area contributed by atoms with Crippen molar-refractivity contribution < 1.29 is 9.53 Å². The van der Waals surface area contributed by atoms with Crippen molar-refractivity contribution in [2.75, 3.05) is 19.7 Å². The number of nitrogens with one attached hydrogen (secondary N) is 1. The Labute approximate surface area is 126 Å². The number of ether oxygens (including phenoxy) is 1. The third kappa shape index (κ3) is 6.44. The van der Waals surface area contributed by atoms with Gasteiger partial charge >= 0.3 is 0 Å². The van der Waals surface area contributed by atoms with E-state index < -0.39 is 0 Å². The Morgan fingerprint density at radius 3 is 2.83 bits per heavy atom. The van der Waals surface area contributed by atoms with Crippen molar-refractivity contribution in [1.29, 1.82) is 0 Å². The van der Waals surface area contributed by atoms with Crippen LogP contribution in [0, 0.1) is 0 Å². The lowest BCUT2D eigenvalue weighted by molar-refractivity contribution is -0.123. The standard InChI is InChI=1S/C11H14BrClN2O2.ClH/c12-8-2-3-10(9(13)6-8)17-7-11(16)15-5-1-4-14;/h2-3,6H,1,4-5,7,14H2,(H,15,16);1H. The van der Waals surface area contributed by atoms with Crippen LogP contribution in [0.25, 0.3) is 0 Å². The van der Waals surface area contributed by atoms with E-state index >= 15 is 0 Å². The van der Waals surface area contributed by atoms with E-state index in [1.807, 2.05) is 0 Å². The molecule has 1 aromatic carbocycles. The molecule has 0 aromatic heterocycles. The predicted octanol–water partition coefficient (Wildman–Crippen LogP) is 2.37. The highest BCUT2D eigenvalue weighted by molar-refractivity contribution is 9.10. The molecule has 0 heterocycles. The summed E-state index contributed by atoms with van der Waals surface area (Å²) in [4.78, 5) is 11.3. The van der Waals surface area contributed by atoms with Crippen LogP contribution in [0.4, 0.5) is 0 Å². The first-order valence-corrected chi connectivity index (χ1v) is 6.35. The highest BCUT2D eigenvalue weighted by Gasteiger charge is 2.05. The van der Waals surface area contributed by atoms with E-state index in [2.05, 4.69) is 21.2 Å². The van der Waals surface area contributed by atoms with E-state index in [1.165, 1.54) is 0 Å². The Kier molecular flexibility index (Phi) is 9.18. The molecule has 102 valence electrons. The molecule has 0 bridgehead atoms. The van der Waals surface area contributed by atoms with Crippen LogP contribution in [0.1, 0.15) is 6.42 Å². The minimum absolute atomic E-state index is 0. The van der Waals surface area contributed by atoms with Crippen molar-refractivity contribution in [2.45, 2.75) is 6.42 Å². The van der Waals surface area contributed by atoms with Gasteiger partial charge in [0.25, 0.3) is 5.91 Å². The first kappa shape index (κ1) is 17.5. The molecule has 3 N–H and O–H groups in total. The molecule has 18 heavy (non-hydrogen) atoms. The zero-order valence-corrected chi connectivity index (χ0v) is 12.8. The van der Waals surface area contributed by atoms with Gasteiger partial charge < -0.3 is 15.8 Å². The average molecular weight is 358 g/mol. The summed E-state index contributed by atoms with van der Waals surface area (Å²) in [5, 5.41) is 3.16. The predicted molar refractivity (Wildman–Crippen MR) is 78.6 cm³/mol. The Bertz CT molecular complexity index is 391. The topological polar surface area (TPSA) is 64.3 Å². The smallest absolute Gasteiger partial charge is 0.257 e. The monoisotopic (exact) mass is 356 g/mol. The normalized spacial score (nSPS) is 9.50. The molecule has 0 fully saturated rings. The van der Waals surface area contributed by atoms with Crippen LogP contribution in [0.15, 0.2) is 22.7 Å². The number of nitrogens with two attached hydrogens (primary N) is 1. The van der Waals surface area contributed by atoms with Crippen molar-refractivity contribution >= 4 is 45.8 Å². The molecule has 0 aliphatic carbocycles. The molecule has 1 rings (SSSR count). The maximum atomic E-state index is 11.3. The molecular formula is C11H15BrCl2N2O2. The fourth-order valence-electron chi connectivity index (χ4n) is 1.12. The maximum Gasteiger partial charge on any atom is 0.257 e. The lowest BCUT2D eigenvalue weighted by atomic mass is 10.3. The molecule has 1 amide bonds. The number of rotatable bonds is 6. The van der Waals surface area contributed by atoms with Crippen molar-refractivity contribution in [3.05, 3.63) is 27.7 Å². The number of carbonyl (C=O) groups is 1. The van der Waals surface area contributed by atoms with Gasteiger partial charge in [0.1, 0.15) is 5.75 Å². The van der Waals surface area contributed by atoms with Crippen LogP contribution >= 0.6 is 39.9 Å². The number of hydrogen-bond acceptors (Lipinski definition) is 3. The summed E-state index contributed by atoms with van der Waals surface area (Å²) in [5.74, 6) is 0.307. The highest BCUT2D eigenvalue weighted by atomic mass is 79.9. The number of benzene rings is 1. The van der Waals surface area contributed by atoms with Crippen molar-refractivity contribution in [3.63, 3.8) is 0 Å². The first-order valence-electron chi connectivity index (χ1n) is 5.18. The van der Waals surface area contributed by atoms with Crippen LogP contribution < -0.4 is 15.8 Å². The Morgan fingerprint density at radius 2 is 2.22 bits per heavy atom. The second kappa shape index (κ2) is 9.44. The average Bonchev–Trinajstić information content (AvgIpc) is 2.28. The number of amides is 1. The first-order chi connectivity index (χ1) is 8.13. The van der Waals surface area contributed by atoms with Crippen LogP contribution in [0.2, 0.25) is 5.02 Å². The van der Waals surface area contributed by atoms with Crippen molar-refractivity contribution in [2.24, 2.45) is 5.73 Å². The van der Waals surface area contributed by atoms with Gasteiger partial charge in [-0.3, -0.25) is 4.79 Å². The molecular weight excluding hydrogens is 343 g/mol. The minimum atomic E-state index is -0.183. The Hall–Kier alpha value is -0.490. The van der Waals surface area contributed by atoms with Gasteiger partial charge in [0, 0.05) is 11.0 Å². The summed E-state index contributed by atoms with van der Waals surface area (Å²) < 4.78 is 6.15. The van der Waals surface area contributed by atoms with E-state index in [1.54, 1.807) is 18.2 Å². The van der Waals surface area contributed by atoms with Gasteiger partial charge in [-0.05, 0) is 31.2 Å². The molecule has 0 saturated heterocycles. The van der Waals surface area contributed by atoms with Crippen molar-refractivity contribution in [1.82, 2.24) is 5.32 Å². The number of halogens is 3. The summed E-state index contributed by atoms with van der Waals surface area (Å²) in [5.41, 5.74) is 5.31. The lowest BCUT2D eigenvalue weighted by Gasteiger charge is -2.08. The molecule has 4 nitrogen and oxygen atoms in total. The minimum Gasteiger partial charge on any atom is -0.482 e. The SMILES string of the molecule is Cl.NCCCNC(=O)COc1ccc(Br)cc1Cl. The Balaban J connectivity index is 0.00000289. The molecule has 0 saturated carbocycles. The van der Waals surface area contributed by atoms with E-state index in [4.69, 9.17) is 22.1 Å². The molecule has 0 aliphatic rings. The third-order valence-electron chi connectivity index (χ3n) is 1.96. The summed E-state index contributed by atoms with van der Waals surface area (Å²) in [6.07, 6.45) is 0.755. The van der Waals surface area contributed by atoms with Gasteiger partial charge in [-0.2, -0.15) is 0 Å². The zero-order valence-electron chi connectivity index (χ0n) is 9.62. The van der Waals surface area contributed by atoms with Gasteiger partial charge in [0.2, 0.25) is 0 Å². The number of carbonyl (C=O) groups excluding carboxylic acids is 1. The van der Waals surface area contributed by atoms with Crippen molar-refractivity contribution in [3.8, 4) is 5.75 Å². The summed E-state index contributed by atoms with van der Waals surface area (Å²) in [7, 11) is 0. The molecule has 1 aromatic rings. The van der Waals surface area contributed by atoms with Gasteiger partial charge in [-0.1, -0.05) is 27.5 Å². The van der Waals surface area contributed by atoms with Crippen LogP contribution in [0.3, 0.4) is 0 Å². The van der Waals surface area contributed by atoms with Crippen LogP contribution in [-0.2, 0) is 4.79 Å². The Morgan fingerprint density at radius 1 is 1.50 bits per heavy atom. The summed E-state index contributed by atoms with van der Waals surface area (Å²) in [6, 6.07) is 5.22. The van der Waals surface area contributed by atoms with E-state index in [0.29, 0.717) is 23.9 Å². The fraction of sp³-hybridized carbons (Fsp3) is 0.364. The molecule has 0 spiro atoms. The van der Waals surface area contributed by atoms with E-state index in [-0.39, 0.29) is 24.9 Å². The fourth-order valence-corrected chi connectivity index (χ4v) is 1.84.